The minimum absolute atomic E-state index is 0.342. The van der Waals surface area contributed by atoms with Crippen molar-refractivity contribution in [2.75, 3.05) is 20.3 Å². The fourth-order valence-electron chi connectivity index (χ4n) is 1.61. The molecule has 0 fully saturated rings. The van der Waals surface area contributed by atoms with Crippen molar-refractivity contribution in [1.29, 1.82) is 0 Å². The average molecular weight is 279 g/mol. The van der Waals surface area contributed by atoms with E-state index in [1.54, 1.807) is 24.6 Å². The number of ether oxygens (including phenoxy) is 1. The van der Waals surface area contributed by atoms with E-state index < -0.39 is 6.10 Å². The Hall–Kier alpha value is -1.34. The molecule has 2 N–H and O–H groups in total. The first-order valence-electron chi connectivity index (χ1n) is 6.03. The third kappa shape index (κ3) is 4.36. The van der Waals surface area contributed by atoms with Gasteiger partial charge in [0.15, 0.2) is 0 Å². The topological polar surface area (TPSA) is 67.3 Å². The molecular formula is C13H17N3O2S. The number of nitrogens with one attached hydrogen (secondary N) is 1. The molecule has 0 saturated heterocycles. The van der Waals surface area contributed by atoms with Crippen molar-refractivity contribution in [2.45, 2.75) is 12.6 Å². The quantitative estimate of drug-likeness (QED) is 0.799. The van der Waals surface area contributed by atoms with Crippen LogP contribution in [0.15, 0.2) is 30.6 Å². The number of aromatic nitrogens is 2. The molecule has 0 aliphatic rings. The summed E-state index contributed by atoms with van der Waals surface area (Å²) in [7, 11) is 1.57. The van der Waals surface area contributed by atoms with Gasteiger partial charge in [0.1, 0.15) is 5.01 Å². The van der Waals surface area contributed by atoms with Gasteiger partial charge in [-0.3, -0.25) is 4.98 Å². The normalized spacial score (nSPS) is 12.5. The second-order valence-corrected chi connectivity index (χ2v) is 5.20. The number of pyridine rings is 1. The van der Waals surface area contributed by atoms with E-state index in [9.17, 15) is 5.11 Å². The van der Waals surface area contributed by atoms with Crippen LogP contribution in [0.5, 0.6) is 0 Å². The third-order valence-electron chi connectivity index (χ3n) is 2.48. The van der Waals surface area contributed by atoms with Gasteiger partial charge in [0.05, 0.1) is 18.4 Å². The van der Waals surface area contributed by atoms with Crippen LogP contribution < -0.4 is 5.32 Å². The van der Waals surface area contributed by atoms with Crippen molar-refractivity contribution in [2.24, 2.45) is 0 Å². The summed E-state index contributed by atoms with van der Waals surface area (Å²) in [5.74, 6) is 0. The first kappa shape index (κ1) is 14.1. The van der Waals surface area contributed by atoms with E-state index in [0.29, 0.717) is 19.7 Å². The highest BCUT2D eigenvalue weighted by Crippen LogP contribution is 2.22. The van der Waals surface area contributed by atoms with Crippen molar-refractivity contribution >= 4 is 11.3 Å². The van der Waals surface area contributed by atoms with Crippen LogP contribution in [0.4, 0.5) is 0 Å². The van der Waals surface area contributed by atoms with Crippen LogP contribution in [0.25, 0.3) is 10.7 Å². The Bertz CT molecular complexity index is 490. The van der Waals surface area contributed by atoms with Gasteiger partial charge in [-0.25, -0.2) is 4.98 Å². The third-order valence-corrected chi connectivity index (χ3v) is 3.50. The lowest BCUT2D eigenvalue weighted by Crippen LogP contribution is -2.29. The summed E-state index contributed by atoms with van der Waals surface area (Å²) in [6.07, 6.45) is 3.12. The monoisotopic (exact) mass is 279 g/mol. The lowest BCUT2D eigenvalue weighted by molar-refractivity contribution is 0.0644. The van der Waals surface area contributed by atoms with Crippen molar-refractivity contribution in [3.8, 4) is 10.7 Å². The molecule has 102 valence electrons. The van der Waals surface area contributed by atoms with Gasteiger partial charge in [0.2, 0.25) is 0 Å². The Morgan fingerprint density at radius 1 is 1.42 bits per heavy atom. The lowest BCUT2D eigenvalue weighted by atomic mass is 10.3. The van der Waals surface area contributed by atoms with E-state index in [2.05, 4.69) is 15.3 Å². The maximum absolute atomic E-state index is 9.50. The number of aliphatic hydroxyl groups excluding tert-OH is 1. The largest absolute Gasteiger partial charge is 0.389 e. The van der Waals surface area contributed by atoms with Crippen molar-refractivity contribution in [1.82, 2.24) is 15.3 Å². The van der Waals surface area contributed by atoms with E-state index >= 15 is 0 Å². The standard InChI is InChI=1S/C13H17N3O2S/c1-18-9-10(17)6-14-7-11-8-16-13(19-11)12-4-2-3-5-15-12/h2-5,8,10,14,17H,6-7,9H2,1H3. The Balaban J connectivity index is 1.85. The minimum Gasteiger partial charge on any atom is -0.389 e. The summed E-state index contributed by atoms with van der Waals surface area (Å²) in [4.78, 5) is 9.73. The summed E-state index contributed by atoms with van der Waals surface area (Å²) >= 11 is 1.60. The van der Waals surface area contributed by atoms with Gasteiger partial charge in [-0.05, 0) is 12.1 Å². The molecule has 1 atom stereocenters. The van der Waals surface area contributed by atoms with Crippen LogP contribution >= 0.6 is 11.3 Å². The van der Waals surface area contributed by atoms with E-state index in [1.807, 2.05) is 24.4 Å². The zero-order valence-corrected chi connectivity index (χ0v) is 11.6. The van der Waals surface area contributed by atoms with Crippen LogP contribution in [0.3, 0.4) is 0 Å². The first-order chi connectivity index (χ1) is 9.29. The summed E-state index contributed by atoms with van der Waals surface area (Å²) in [5, 5.41) is 13.6. The molecule has 0 amide bonds. The zero-order valence-electron chi connectivity index (χ0n) is 10.7. The second-order valence-electron chi connectivity index (χ2n) is 4.09. The molecule has 0 spiro atoms. The summed E-state index contributed by atoms with van der Waals surface area (Å²) in [6, 6.07) is 5.78. The first-order valence-corrected chi connectivity index (χ1v) is 6.85. The number of aliphatic hydroxyl groups is 1. The van der Waals surface area contributed by atoms with Crippen LogP contribution in [0.2, 0.25) is 0 Å². The van der Waals surface area contributed by atoms with E-state index in [0.717, 1.165) is 15.6 Å². The molecule has 0 aromatic carbocycles. The smallest absolute Gasteiger partial charge is 0.142 e. The van der Waals surface area contributed by atoms with Gasteiger partial charge < -0.3 is 15.2 Å². The SMILES string of the molecule is COCC(O)CNCc1cnc(-c2ccccn2)s1. The Kier molecular flexibility index (Phi) is 5.41. The molecule has 0 radical (unpaired) electrons. The molecule has 0 bridgehead atoms. The van der Waals surface area contributed by atoms with Crippen molar-refractivity contribution < 1.29 is 9.84 Å². The number of methoxy groups -OCH3 is 1. The van der Waals surface area contributed by atoms with Gasteiger partial charge in [-0.2, -0.15) is 0 Å². The molecule has 0 aliphatic carbocycles. The highest BCUT2D eigenvalue weighted by atomic mass is 32.1. The highest BCUT2D eigenvalue weighted by Gasteiger charge is 2.06. The fraction of sp³-hybridized carbons (Fsp3) is 0.385. The predicted octanol–water partition coefficient (Wildman–Crippen LogP) is 1.30. The molecule has 2 aromatic heterocycles. The van der Waals surface area contributed by atoms with Gasteiger partial charge in [0.25, 0.3) is 0 Å². The van der Waals surface area contributed by atoms with Gasteiger partial charge >= 0.3 is 0 Å². The van der Waals surface area contributed by atoms with E-state index in [4.69, 9.17) is 4.74 Å². The van der Waals surface area contributed by atoms with Crippen molar-refractivity contribution in [3.05, 3.63) is 35.5 Å². The zero-order chi connectivity index (χ0) is 13.5. The highest BCUT2D eigenvalue weighted by molar-refractivity contribution is 7.14. The predicted molar refractivity (Wildman–Crippen MR) is 74.9 cm³/mol. The number of rotatable bonds is 7. The van der Waals surface area contributed by atoms with Crippen LogP contribution in [-0.2, 0) is 11.3 Å². The van der Waals surface area contributed by atoms with Crippen LogP contribution in [0, 0.1) is 0 Å². The number of nitrogens with zero attached hydrogens (tertiary/aromatic N) is 2. The Labute approximate surface area is 116 Å². The summed E-state index contributed by atoms with van der Waals surface area (Å²) in [6.45, 7) is 1.53. The molecule has 0 aliphatic heterocycles. The van der Waals surface area contributed by atoms with Gasteiger partial charge in [-0.15, -0.1) is 11.3 Å². The molecule has 19 heavy (non-hydrogen) atoms. The number of hydrogen-bond donors (Lipinski definition) is 2. The molecule has 2 aromatic rings. The lowest BCUT2D eigenvalue weighted by Gasteiger charge is -2.09. The molecule has 2 rings (SSSR count). The number of hydrogen-bond acceptors (Lipinski definition) is 6. The Morgan fingerprint density at radius 3 is 3.05 bits per heavy atom. The average Bonchev–Trinajstić information content (AvgIpc) is 2.89. The fourth-order valence-corrected chi connectivity index (χ4v) is 2.47. The molecule has 2 heterocycles. The molecule has 6 heteroatoms. The molecule has 1 unspecified atom stereocenters. The van der Waals surface area contributed by atoms with E-state index in [1.165, 1.54) is 0 Å². The van der Waals surface area contributed by atoms with E-state index in [-0.39, 0.29) is 0 Å². The summed E-state index contributed by atoms with van der Waals surface area (Å²) in [5.41, 5.74) is 0.887. The molecule has 5 nitrogen and oxygen atoms in total. The van der Waals surface area contributed by atoms with Crippen LogP contribution in [0.1, 0.15) is 4.88 Å². The van der Waals surface area contributed by atoms with Gasteiger partial charge in [0, 0.05) is 37.5 Å². The Morgan fingerprint density at radius 2 is 2.32 bits per heavy atom. The number of thiazole rings is 1. The minimum atomic E-state index is -0.479. The second kappa shape index (κ2) is 7.30. The molecular weight excluding hydrogens is 262 g/mol. The maximum Gasteiger partial charge on any atom is 0.142 e. The van der Waals surface area contributed by atoms with Crippen molar-refractivity contribution in [3.63, 3.8) is 0 Å². The van der Waals surface area contributed by atoms with Gasteiger partial charge in [-0.1, -0.05) is 6.07 Å². The maximum atomic E-state index is 9.50. The summed E-state index contributed by atoms with van der Waals surface area (Å²) < 4.78 is 4.86. The van der Waals surface area contributed by atoms with Crippen LogP contribution in [-0.4, -0.2) is 41.4 Å². The molecule has 0 saturated carbocycles.